The fourth-order valence-corrected chi connectivity index (χ4v) is 2.63. The van der Waals surface area contributed by atoms with E-state index in [2.05, 4.69) is 17.6 Å². The molecule has 0 aliphatic heterocycles. The SMILES string of the molecule is CCc1ccc(C(C)NC(=O)C(=O)NC(C)c2ccc(OC)cc2)cc1. The number of methoxy groups -OCH3 is 1. The number of carbonyl (C=O) groups is 2. The number of benzene rings is 2. The average Bonchev–Trinajstić information content (AvgIpc) is 2.67. The first-order chi connectivity index (χ1) is 12.4. The van der Waals surface area contributed by atoms with Crippen LogP contribution in [-0.4, -0.2) is 18.9 Å². The normalized spacial score (nSPS) is 12.8. The number of carbonyl (C=O) groups excluding carboxylic acids is 2. The summed E-state index contributed by atoms with van der Waals surface area (Å²) in [5, 5.41) is 5.45. The topological polar surface area (TPSA) is 67.4 Å². The third kappa shape index (κ3) is 5.09. The summed E-state index contributed by atoms with van der Waals surface area (Å²) in [6, 6.07) is 14.9. The highest BCUT2D eigenvalue weighted by molar-refractivity contribution is 6.35. The molecule has 5 nitrogen and oxygen atoms in total. The summed E-state index contributed by atoms with van der Waals surface area (Å²) in [5.41, 5.74) is 3.10. The molecule has 0 saturated carbocycles. The van der Waals surface area contributed by atoms with E-state index in [9.17, 15) is 9.59 Å². The summed E-state index contributed by atoms with van der Waals surface area (Å²) in [5.74, 6) is -0.546. The zero-order valence-corrected chi connectivity index (χ0v) is 15.7. The van der Waals surface area contributed by atoms with Gasteiger partial charge in [-0.3, -0.25) is 9.59 Å². The third-order valence-corrected chi connectivity index (χ3v) is 4.41. The molecule has 138 valence electrons. The van der Waals surface area contributed by atoms with Crippen molar-refractivity contribution in [2.75, 3.05) is 7.11 Å². The van der Waals surface area contributed by atoms with Crippen LogP contribution in [0.2, 0.25) is 0 Å². The molecule has 0 bridgehead atoms. The fourth-order valence-electron chi connectivity index (χ4n) is 2.63. The monoisotopic (exact) mass is 354 g/mol. The molecule has 2 unspecified atom stereocenters. The molecule has 0 fully saturated rings. The molecule has 2 N–H and O–H groups in total. The molecule has 0 spiro atoms. The largest absolute Gasteiger partial charge is 0.497 e. The Kier molecular flexibility index (Phi) is 6.78. The second kappa shape index (κ2) is 9.04. The van der Waals surface area contributed by atoms with Crippen molar-refractivity contribution in [1.82, 2.24) is 10.6 Å². The highest BCUT2D eigenvalue weighted by Crippen LogP contribution is 2.17. The Hall–Kier alpha value is -2.82. The van der Waals surface area contributed by atoms with Gasteiger partial charge in [0.1, 0.15) is 5.75 Å². The number of rotatable bonds is 6. The van der Waals surface area contributed by atoms with E-state index in [4.69, 9.17) is 4.74 Å². The Balaban J connectivity index is 1.92. The van der Waals surface area contributed by atoms with Crippen molar-refractivity contribution in [1.29, 1.82) is 0 Å². The molecule has 2 rings (SSSR count). The second-order valence-electron chi connectivity index (χ2n) is 6.26. The molecule has 0 heterocycles. The van der Waals surface area contributed by atoms with Crippen molar-refractivity contribution >= 4 is 11.8 Å². The molecular formula is C21H26N2O3. The maximum Gasteiger partial charge on any atom is 0.309 e. The van der Waals surface area contributed by atoms with Gasteiger partial charge in [0.05, 0.1) is 19.2 Å². The molecular weight excluding hydrogens is 328 g/mol. The molecule has 26 heavy (non-hydrogen) atoms. The maximum absolute atomic E-state index is 12.2. The van der Waals surface area contributed by atoms with Crippen molar-refractivity contribution in [3.63, 3.8) is 0 Å². The van der Waals surface area contributed by atoms with Gasteiger partial charge in [-0.05, 0) is 49.1 Å². The average molecular weight is 354 g/mol. The number of ether oxygens (including phenoxy) is 1. The van der Waals surface area contributed by atoms with E-state index in [0.717, 1.165) is 23.3 Å². The molecule has 2 aromatic carbocycles. The van der Waals surface area contributed by atoms with Crippen LogP contribution < -0.4 is 15.4 Å². The van der Waals surface area contributed by atoms with E-state index in [1.165, 1.54) is 5.56 Å². The molecule has 2 aromatic rings. The van der Waals surface area contributed by atoms with Crippen LogP contribution in [0, 0.1) is 0 Å². The highest BCUT2D eigenvalue weighted by atomic mass is 16.5. The van der Waals surface area contributed by atoms with Crippen LogP contribution in [0.15, 0.2) is 48.5 Å². The Morgan fingerprint density at radius 1 is 0.846 bits per heavy atom. The van der Waals surface area contributed by atoms with Gasteiger partial charge in [-0.15, -0.1) is 0 Å². The zero-order valence-electron chi connectivity index (χ0n) is 15.7. The van der Waals surface area contributed by atoms with Gasteiger partial charge in [-0.1, -0.05) is 43.3 Å². The molecule has 0 aliphatic carbocycles. The van der Waals surface area contributed by atoms with Crippen LogP contribution in [0.25, 0.3) is 0 Å². The summed E-state index contributed by atoms with van der Waals surface area (Å²) in [6.07, 6.45) is 0.965. The Bertz CT molecular complexity index is 673. The lowest BCUT2D eigenvalue weighted by molar-refractivity contribution is -0.140. The van der Waals surface area contributed by atoms with Crippen LogP contribution in [0.1, 0.15) is 49.5 Å². The van der Waals surface area contributed by atoms with Crippen molar-refractivity contribution in [3.8, 4) is 5.75 Å². The van der Waals surface area contributed by atoms with Crippen LogP contribution in [0.4, 0.5) is 0 Å². The number of amides is 2. The van der Waals surface area contributed by atoms with E-state index >= 15 is 0 Å². The van der Waals surface area contributed by atoms with Crippen LogP contribution >= 0.6 is 0 Å². The van der Waals surface area contributed by atoms with Crippen molar-refractivity contribution in [2.24, 2.45) is 0 Å². The predicted octanol–water partition coefficient (Wildman–Crippen LogP) is 3.31. The first kappa shape index (κ1) is 19.5. The lowest BCUT2D eigenvalue weighted by atomic mass is 10.0. The lowest BCUT2D eigenvalue weighted by Crippen LogP contribution is -2.41. The Morgan fingerprint density at radius 3 is 1.65 bits per heavy atom. The number of hydrogen-bond acceptors (Lipinski definition) is 3. The van der Waals surface area contributed by atoms with Crippen LogP contribution in [0.3, 0.4) is 0 Å². The molecule has 0 saturated heterocycles. The van der Waals surface area contributed by atoms with E-state index in [1.807, 2.05) is 62.4 Å². The van der Waals surface area contributed by atoms with Crippen molar-refractivity contribution in [2.45, 2.75) is 39.3 Å². The second-order valence-corrected chi connectivity index (χ2v) is 6.26. The van der Waals surface area contributed by atoms with Crippen molar-refractivity contribution in [3.05, 3.63) is 65.2 Å². The van der Waals surface area contributed by atoms with Crippen molar-refractivity contribution < 1.29 is 14.3 Å². The quantitative estimate of drug-likeness (QED) is 0.782. The predicted molar refractivity (Wildman–Crippen MR) is 102 cm³/mol. The lowest BCUT2D eigenvalue weighted by Gasteiger charge is -2.17. The van der Waals surface area contributed by atoms with E-state index in [1.54, 1.807) is 7.11 Å². The highest BCUT2D eigenvalue weighted by Gasteiger charge is 2.19. The van der Waals surface area contributed by atoms with Crippen LogP contribution in [-0.2, 0) is 16.0 Å². The summed E-state index contributed by atoms with van der Waals surface area (Å²) < 4.78 is 5.12. The van der Waals surface area contributed by atoms with Gasteiger partial charge in [-0.25, -0.2) is 0 Å². The smallest absolute Gasteiger partial charge is 0.309 e. The van der Waals surface area contributed by atoms with E-state index < -0.39 is 11.8 Å². The minimum atomic E-state index is -0.648. The molecule has 5 heteroatoms. The van der Waals surface area contributed by atoms with Gasteiger partial charge in [0.25, 0.3) is 0 Å². The molecule has 0 radical (unpaired) electrons. The summed E-state index contributed by atoms with van der Waals surface area (Å²) >= 11 is 0. The number of aryl methyl sites for hydroxylation is 1. The minimum Gasteiger partial charge on any atom is -0.497 e. The molecule has 0 aromatic heterocycles. The number of nitrogens with one attached hydrogen (secondary N) is 2. The van der Waals surface area contributed by atoms with Gasteiger partial charge in [0.15, 0.2) is 0 Å². The third-order valence-electron chi connectivity index (χ3n) is 4.41. The summed E-state index contributed by atoms with van der Waals surface area (Å²) in [7, 11) is 1.60. The zero-order chi connectivity index (χ0) is 19.1. The first-order valence-electron chi connectivity index (χ1n) is 8.78. The fraction of sp³-hybridized carbons (Fsp3) is 0.333. The van der Waals surface area contributed by atoms with Gasteiger partial charge in [-0.2, -0.15) is 0 Å². The molecule has 2 atom stereocenters. The van der Waals surface area contributed by atoms with E-state index in [-0.39, 0.29) is 12.1 Å². The Morgan fingerprint density at radius 2 is 1.27 bits per heavy atom. The maximum atomic E-state index is 12.2. The van der Waals surface area contributed by atoms with Gasteiger partial charge >= 0.3 is 11.8 Å². The summed E-state index contributed by atoms with van der Waals surface area (Å²) in [4.78, 5) is 24.3. The summed E-state index contributed by atoms with van der Waals surface area (Å²) in [6.45, 7) is 5.79. The Labute approximate surface area is 154 Å². The standard InChI is InChI=1S/C21H26N2O3/c1-5-16-6-8-17(9-7-16)14(2)22-20(24)21(25)23-15(3)18-10-12-19(26-4)13-11-18/h6-15H,5H2,1-4H3,(H,22,24)(H,23,25). The van der Waals surface area contributed by atoms with Gasteiger partial charge < -0.3 is 15.4 Å². The minimum absolute atomic E-state index is 0.240. The molecule has 0 aliphatic rings. The van der Waals surface area contributed by atoms with Crippen LogP contribution in [0.5, 0.6) is 5.75 Å². The first-order valence-corrected chi connectivity index (χ1v) is 8.78. The number of hydrogen-bond donors (Lipinski definition) is 2. The van der Waals surface area contributed by atoms with E-state index in [0.29, 0.717) is 0 Å². The van der Waals surface area contributed by atoms with Gasteiger partial charge in [0, 0.05) is 0 Å². The van der Waals surface area contributed by atoms with Gasteiger partial charge in [0.2, 0.25) is 0 Å². The molecule has 2 amide bonds.